The summed E-state index contributed by atoms with van der Waals surface area (Å²) >= 11 is 0. The van der Waals surface area contributed by atoms with Gasteiger partial charge in [0, 0.05) is 11.1 Å². The van der Waals surface area contributed by atoms with Crippen molar-refractivity contribution in [3.63, 3.8) is 0 Å². The summed E-state index contributed by atoms with van der Waals surface area (Å²) < 4.78 is 28.0. The van der Waals surface area contributed by atoms with E-state index in [1.807, 2.05) is 0 Å². The zero-order valence-corrected chi connectivity index (χ0v) is 12.7. The summed E-state index contributed by atoms with van der Waals surface area (Å²) in [6, 6.07) is 4.00. The first-order valence-electron chi connectivity index (χ1n) is 7.47. The molecule has 1 aromatic rings. The molecule has 0 saturated heterocycles. The van der Waals surface area contributed by atoms with Crippen LogP contribution in [0.4, 0.5) is 8.78 Å². The summed E-state index contributed by atoms with van der Waals surface area (Å²) in [6.07, 6.45) is 4.22. The van der Waals surface area contributed by atoms with Gasteiger partial charge in [0.05, 0.1) is 0 Å². The van der Waals surface area contributed by atoms with E-state index in [1.165, 1.54) is 18.2 Å². The van der Waals surface area contributed by atoms with Gasteiger partial charge in [-0.05, 0) is 49.1 Å². The normalized spacial score (nSPS) is 28.2. The Morgan fingerprint density at radius 1 is 1.10 bits per heavy atom. The van der Waals surface area contributed by atoms with Gasteiger partial charge in [-0.2, -0.15) is 0 Å². The molecule has 112 valence electrons. The average Bonchev–Trinajstić information content (AvgIpc) is 2.51. The van der Waals surface area contributed by atoms with Gasteiger partial charge in [-0.1, -0.05) is 33.3 Å². The van der Waals surface area contributed by atoms with Gasteiger partial charge in [-0.15, -0.1) is 0 Å². The molecule has 0 amide bonds. The molecule has 1 nitrogen and oxygen atoms in total. The van der Waals surface area contributed by atoms with Crippen LogP contribution in [0.2, 0.25) is 0 Å². The molecular formula is C17H25F2N. The number of hydrogen-bond acceptors (Lipinski definition) is 1. The molecule has 0 spiro atoms. The van der Waals surface area contributed by atoms with E-state index < -0.39 is 17.2 Å². The Balaban J connectivity index is 2.28. The van der Waals surface area contributed by atoms with E-state index in [9.17, 15) is 8.78 Å². The number of halogens is 2. The molecule has 0 aromatic heterocycles. The maximum absolute atomic E-state index is 14.0. The van der Waals surface area contributed by atoms with Gasteiger partial charge < -0.3 is 5.73 Å². The van der Waals surface area contributed by atoms with Crippen LogP contribution in [-0.4, -0.2) is 0 Å². The minimum absolute atomic E-state index is 0.0783. The van der Waals surface area contributed by atoms with Crippen molar-refractivity contribution in [2.24, 2.45) is 17.1 Å². The molecule has 2 atom stereocenters. The summed E-state index contributed by atoms with van der Waals surface area (Å²) in [6.45, 7) is 6.68. The van der Waals surface area contributed by atoms with E-state index in [0.29, 0.717) is 18.8 Å². The van der Waals surface area contributed by atoms with Gasteiger partial charge in [0.15, 0.2) is 0 Å². The lowest BCUT2D eigenvalue weighted by Gasteiger charge is -2.32. The molecule has 0 radical (unpaired) electrons. The number of hydrogen-bond donors (Lipinski definition) is 1. The Morgan fingerprint density at radius 2 is 1.70 bits per heavy atom. The smallest absolute Gasteiger partial charge is 0.131 e. The lowest BCUT2D eigenvalue weighted by molar-refractivity contribution is 0.210. The third kappa shape index (κ3) is 3.03. The topological polar surface area (TPSA) is 26.0 Å². The van der Waals surface area contributed by atoms with Gasteiger partial charge in [0.2, 0.25) is 0 Å². The molecule has 2 rings (SSSR count). The molecule has 1 aliphatic carbocycles. The van der Waals surface area contributed by atoms with Crippen molar-refractivity contribution >= 4 is 0 Å². The second kappa shape index (κ2) is 5.44. The number of rotatable bonds is 1. The molecule has 20 heavy (non-hydrogen) atoms. The van der Waals surface area contributed by atoms with Crippen LogP contribution < -0.4 is 5.73 Å². The van der Waals surface area contributed by atoms with Gasteiger partial charge in [0.1, 0.15) is 11.6 Å². The fourth-order valence-corrected chi connectivity index (χ4v) is 3.45. The SMILES string of the molecule is CC(C)(C)C1CCCC(N)(c2c(F)cccc2F)CC1. The molecule has 2 unspecified atom stereocenters. The van der Waals surface area contributed by atoms with Crippen molar-refractivity contribution in [3.05, 3.63) is 35.4 Å². The van der Waals surface area contributed by atoms with Crippen LogP contribution in [0.25, 0.3) is 0 Å². The first-order valence-corrected chi connectivity index (χ1v) is 7.47. The first kappa shape index (κ1) is 15.4. The molecule has 0 heterocycles. The van der Waals surface area contributed by atoms with E-state index in [2.05, 4.69) is 20.8 Å². The van der Waals surface area contributed by atoms with Gasteiger partial charge in [-0.3, -0.25) is 0 Å². The molecule has 1 fully saturated rings. The van der Waals surface area contributed by atoms with Crippen molar-refractivity contribution in [3.8, 4) is 0 Å². The summed E-state index contributed by atoms with van der Waals surface area (Å²) in [7, 11) is 0. The van der Waals surface area contributed by atoms with Gasteiger partial charge in [0.25, 0.3) is 0 Å². The fourth-order valence-electron chi connectivity index (χ4n) is 3.45. The maximum Gasteiger partial charge on any atom is 0.131 e. The Bertz CT molecular complexity index is 458. The Labute approximate surface area is 120 Å². The molecular weight excluding hydrogens is 256 g/mol. The second-order valence-corrected chi connectivity index (χ2v) is 7.25. The highest BCUT2D eigenvalue weighted by molar-refractivity contribution is 5.28. The van der Waals surface area contributed by atoms with Crippen LogP contribution in [0.1, 0.15) is 58.4 Å². The van der Waals surface area contributed by atoms with Gasteiger partial charge in [-0.25, -0.2) is 8.78 Å². The summed E-state index contributed by atoms with van der Waals surface area (Å²) in [4.78, 5) is 0. The standard InChI is InChI=1S/C17H25F2N/c1-16(2,3)12-6-5-10-17(20,11-9-12)15-13(18)7-4-8-14(15)19/h4,7-8,12H,5-6,9-11,20H2,1-3H3. The molecule has 1 saturated carbocycles. The average molecular weight is 281 g/mol. The van der Waals surface area contributed by atoms with Crippen molar-refractivity contribution in [2.75, 3.05) is 0 Å². The molecule has 2 N–H and O–H groups in total. The predicted molar refractivity (Wildman–Crippen MR) is 78.3 cm³/mol. The summed E-state index contributed by atoms with van der Waals surface area (Å²) in [5.41, 5.74) is 5.84. The minimum atomic E-state index is -0.866. The summed E-state index contributed by atoms with van der Waals surface area (Å²) in [5, 5.41) is 0. The Hall–Kier alpha value is -0.960. The highest BCUT2D eigenvalue weighted by Gasteiger charge is 2.37. The second-order valence-electron chi connectivity index (χ2n) is 7.25. The first-order chi connectivity index (χ1) is 9.24. The van der Waals surface area contributed by atoms with Crippen molar-refractivity contribution in [1.29, 1.82) is 0 Å². The van der Waals surface area contributed by atoms with E-state index >= 15 is 0 Å². The molecule has 3 heteroatoms. The van der Waals surface area contributed by atoms with Crippen LogP contribution in [0.3, 0.4) is 0 Å². The molecule has 1 aliphatic rings. The third-order valence-corrected chi connectivity index (χ3v) is 4.80. The maximum atomic E-state index is 14.0. The van der Waals surface area contributed by atoms with E-state index in [-0.39, 0.29) is 11.0 Å². The van der Waals surface area contributed by atoms with Gasteiger partial charge >= 0.3 is 0 Å². The molecule has 1 aromatic carbocycles. The predicted octanol–water partition coefficient (Wildman–Crippen LogP) is 4.75. The van der Waals surface area contributed by atoms with Crippen molar-refractivity contribution < 1.29 is 8.78 Å². The Kier molecular flexibility index (Phi) is 4.19. The van der Waals surface area contributed by atoms with Crippen LogP contribution in [0.5, 0.6) is 0 Å². The highest BCUT2D eigenvalue weighted by Crippen LogP contribution is 2.43. The summed E-state index contributed by atoms with van der Waals surface area (Å²) in [5.74, 6) is -0.467. The van der Waals surface area contributed by atoms with Crippen LogP contribution in [0, 0.1) is 23.0 Å². The minimum Gasteiger partial charge on any atom is -0.321 e. The van der Waals surface area contributed by atoms with Crippen LogP contribution >= 0.6 is 0 Å². The highest BCUT2D eigenvalue weighted by atomic mass is 19.1. The molecule has 0 bridgehead atoms. The van der Waals surface area contributed by atoms with Crippen molar-refractivity contribution in [2.45, 2.75) is 58.4 Å². The lowest BCUT2D eigenvalue weighted by Crippen LogP contribution is -2.38. The van der Waals surface area contributed by atoms with Crippen molar-refractivity contribution in [1.82, 2.24) is 0 Å². The van der Waals surface area contributed by atoms with E-state index in [0.717, 1.165) is 19.3 Å². The quantitative estimate of drug-likeness (QED) is 0.739. The number of benzene rings is 1. The van der Waals surface area contributed by atoms with E-state index in [4.69, 9.17) is 5.73 Å². The fraction of sp³-hybridized carbons (Fsp3) is 0.647. The monoisotopic (exact) mass is 281 g/mol. The number of nitrogens with two attached hydrogens (primary N) is 1. The van der Waals surface area contributed by atoms with E-state index in [1.54, 1.807) is 0 Å². The zero-order valence-electron chi connectivity index (χ0n) is 12.7. The van der Waals surface area contributed by atoms with Crippen LogP contribution in [0.15, 0.2) is 18.2 Å². The third-order valence-electron chi connectivity index (χ3n) is 4.80. The Morgan fingerprint density at radius 3 is 2.25 bits per heavy atom. The lowest BCUT2D eigenvalue weighted by atomic mass is 9.75. The molecule has 0 aliphatic heterocycles. The van der Waals surface area contributed by atoms with Crippen LogP contribution in [-0.2, 0) is 5.54 Å². The largest absolute Gasteiger partial charge is 0.321 e. The zero-order chi connectivity index (χ0) is 15.0.